The molecule has 1 aliphatic carbocycles. The summed E-state index contributed by atoms with van der Waals surface area (Å²) in [6.07, 6.45) is 11.2. The van der Waals surface area contributed by atoms with E-state index < -0.39 is 22.8 Å². The second-order valence-corrected chi connectivity index (χ2v) is 10.4. The predicted molar refractivity (Wildman–Crippen MR) is 136 cm³/mol. The van der Waals surface area contributed by atoms with E-state index >= 15 is 4.39 Å². The molecule has 0 bridgehead atoms. The molecule has 2 aliphatic heterocycles. The molecule has 0 saturated heterocycles. The van der Waals surface area contributed by atoms with Gasteiger partial charge in [0.2, 0.25) is 5.88 Å². The largest absolute Gasteiger partial charge is 0.463 e. The molecule has 1 aromatic carbocycles. The molecule has 0 unspecified atom stereocenters. The van der Waals surface area contributed by atoms with Crippen molar-refractivity contribution in [2.75, 3.05) is 19.8 Å². The van der Waals surface area contributed by atoms with Gasteiger partial charge in [0.05, 0.1) is 34.4 Å². The normalized spacial score (nSPS) is 25.8. The highest BCUT2D eigenvalue weighted by molar-refractivity contribution is 8.15. The van der Waals surface area contributed by atoms with Crippen LogP contribution in [0.2, 0.25) is 0 Å². The summed E-state index contributed by atoms with van der Waals surface area (Å²) in [6, 6.07) is 6.38. The average Bonchev–Trinajstić information content (AvgIpc) is 3.38. The van der Waals surface area contributed by atoms with Crippen LogP contribution < -0.4 is 10.5 Å². The highest BCUT2D eigenvalue weighted by Crippen LogP contribution is 2.69. The Morgan fingerprint density at radius 2 is 2.16 bits per heavy atom. The lowest BCUT2D eigenvalue weighted by molar-refractivity contribution is 0.266. The molecule has 1 saturated carbocycles. The molecule has 1 fully saturated rings. The minimum absolute atomic E-state index is 0.0841. The Balaban J connectivity index is 1.37. The number of aliphatic imine (C=N–C) groups is 1. The topological polar surface area (TPSA) is 111 Å². The molecule has 37 heavy (non-hydrogen) atoms. The number of hydrogen-bond donors (Lipinski definition) is 1. The van der Waals surface area contributed by atoms with E-state index in [2.05, 4.69) is 36.1 Å². The number of pyridine rings is 1. The number of terminal acetylenes is 1. The Morgan fingerprint density at radius 1 is 1.27 bits per heavy atom. The number of rotatable bonds is 7. The minimum Gasteiger partial charge on any atom is -0.463 e. The van der Waals surface area contributed by atoms with Crippen LogP contribution in [0.4, 0.5) is 8.78 Å². The highest BCUT2D eigenvalue weighted by atomic mass is 32.2. The van der Waals surface area contributed by atoms with Gasteiger partial charge in [-0.25, -0.2) is 23.7 Å². The number of hydrogen-bond acceptors (Lipinski definition) is 9. The van der Waals surface area contributed by atoms with Crippen molar-refractivity contribution < 1.29 is 13.5 Å². The molecular weight excluding hydrogens is 496 g/mol. The number of thioether (sulfide) groups is 1. The van der Waals surface area contributed by atoms with Gasteiger partial charge in [-0.1, -0.05) is 23.7 Å². The van der Waals surface area contributed by atoms with Crippen molar-refractivity contribution in [1.82, 2.24) is 15.0 Å². The van der Waals surface area contributed by atoms with Crippen LogP contribution in [0.3, 0.4) is 0 Å². The number of aromatic nitrogens is 3. The van der Waals surface area contributed by atoms with Crippen molar-refractivity contribution in [2.45, 2.75) is 23.1 Å². The van der Waals surface area contributed by atoms with Crippen molar-refractivity contribution >= 4 is 28.0 Å². The van der Waals surface area contributed by atoms with Gasteiger partial charge in [-0.05, 0) is 36.3 Å². The van der Waals surface area contributed by atoms with E-state index in [0.717, 1.165) is 11.3 Å². The van der Waals surface area contributed by atoms with Gasteiger partial charge in [-0.3, -0.25) is 4.98 Å². The van der Waals surface area contributed by atoms with Crippen molar-refractivity contribution in [3.8, 4) is 18.2 Å². The first-order valence-electron chi connectivity index (χ1n) is 11.6. The quantitative estimate of drug-likeness (QED) is 0.473. The van der Waals surface area contributed by atoms with Crippen LogP contribution in [0.15, 0.2) is 63.7 Å². The number of alkyl halides is 1. The molecule has 8 nitrogen and oxygen atoms in total. The number of benzene rings is 1. The molecule has 3 atom stereocenters. The zero-order valence-corrected chi connectivity index (χ0v) is 20.4. The first-order chi connectivity index (χ1) is 18.0. The van der Waals surface area contributed by atoms with Crippen molar-refractivity contribution in [2.24, 2.45) is 26.9 Å². The average molecular weight is 518 g/mol. The zero-order valence-electron chi connectivity index (χ0n) is 19.6. The molecule has 2 N–H and O–H groups in total. The molecule has 0 amide bonds. The molecule has 6 rings (SSSR count). The van der Waals surface area contributed by atoms with Gasteiger partial charge in [0.15, 0.2) is 11.8 Å². The Labute approximate surface area is 215 Å². The van der Waals surface area contributed by atoms with Crippen LogP contribution in [-0.2, 0) is 12.0 Å². The maximum atomic E-state index is 15.3. The third-order valence-electron chi connectivity index (χ3n) is 6.95. The Hall–Kier alpha value is -3.91. The van der Waals surface area contributed by atoms with E-state index in [9.17, 15) is 4.39 Å². The molecule has 4 heterocycles. The maximum Gasteiger partial charge on any atom is 0.233 e. The van der Waals surface area contributed by atoms with Crippen molar-refractivity contribution in [3.05, 3.63) is 71.1 Å². The molecule has 11 heteroatoms. The van der Waals surface area contributed by atoms with Crippen LogP contribution in [0.25, 0.3) is 11.0 Å². The second-order valence-electron chi connectivity index (χ2n) is 9.09. The summed E-state index contributed by atoms with van der Waals surface area (Å²) < 4.78 is 35.1. The van der Waals surface area contributed by atoms with Gasteiger partial charge >= 0.3 is 0 Å². The predicted octanol–water partition coefficient (Wildman–Crippen LogP) is 4.10. The smallest absolute Gasteiger partial charge is 0.233 e. The summed E-state index contributed by atoms with van der Waals surface area (Å²) in [5.74, 6) is 1.87. The Kier molecular flexibility index (Phi) is 5.64. The molecular formula is C26H21F2N7OS. The van der Waals surface area contributed by atoms with Crippen LogP contribution in [0.1, 0.15) is 23.2 Å². The number of ether oxygens (including phenoxy) is 1. The SMILES string of the molecule is C#CCOc1cnc2c(Cc3ccc(F)c([C@@]4(CF)N=C(N)S[C@@]5(C6=CCN=N6)C[C@H]54)c3)nccc2n1. The van der Waals surface area contributed by atoms with E-state index in [4.69, 9.17) is 16.9 Å². The molecule has 2 aromatic heterocycles. The summed E-state index contributed by atoms with van der Waals surface area (Å²) in [7, 11) is 0. The van der Waals surface area contributed by atoms with Gasteiger partial charge in [-0.15, -0.1) is 6.42 Å². The lowest BCUT2D eigenvalue weighted by Gasteiger charge is -2.35. The number of halogens is 2. The van der Waals surface area contributed by atoms with E-state index in [-0.39, 0.29) is 23.3 Å². The number of nitrogens with zero attached hydrogens (tertiary/aromatic N) is 6. The van der Waals surface area contributed by atoms with Gasteiger partial charge in [-0.2, -0.15) is 10.2 Å². The number of azo groups is 1. The third kappa shape index (κ3) is 3.83. The van der Waals surface area contributed by atoms with E-state index in [1.165, 1.54) is 24.0 Å². The summed E-state index contributed by atoms with van der Waals surface area (Å²) in [5.41, 5.74) is 8.23. The molecule has 186 valence electrons. The molecule has 0 spiro atoms. The lowest BCUT2D eigenvalue weighted by atomic mass is 9.83. The maximum absolute atomic E-state index is 15.3. The summed E-state index contributed by atoms with van der Waals surface area (Å²) in [4.78, 5) is 17.9. The fraction of sp³-hybridized carbons (Fsp3) is 0.308. The highest BCUT2D eigenvalue weighted by Gasteiger charge is 2.70. The van der Waals surface area contributed by atoms with Gasteiger partial charge < -0.3 is 10.5 Å². The van der Waals surface area contributed by atoms with E-state index in [0.29, 0.717) is 42.0 Å². The van der Waals surface area contributed by atoms with E-state index in [1.807, 2.05) is 6.08 Å². The van der Waals surface area contributed by atoms with Crippen LogP contribution in [0, 0.1) is 24.1 Å². The number of nitrogens with two attached hydrogens (primary N) is 1. The Bertz CT molecular complexity index is 1550. The number of amidine groups is 1. The lowest BCUT2D eigenvalue weighted by Crippen LogP contribution is -2.40. The van der Waals surface area contributed by atoms with Crippen LogP contribution in [-0.4, -0.2) is 44.7 Å². The van der Waals surface area contributed by atoms with Crippen LogP contribution >= 0.6 is 11.8 Å². The summed E-state index contributed by atoms with van der Waals surface area (Å²) in [5, 5.41) is 8.51. The standard InChI is InChI=1S/C26H21F2N7OS/c1-2-9-36-22-13-31-23-18(33-22)5-7-30-19(23)11-15-3-4-17(28)16(10-15)25(14-27)20-12-26(20,37-24(29)34-25)21-6-8-32-35-21/h1,3-7,10,13,20H,8-9,11-12,14H2,(H2,29,34)/t20-,25+,26-/m0/s1. The molecule has 0 radical (unpaired) electrons. The third-order valence-corrected chi connectivity index (χ3v) is 8.28. The van der Waals surface area contributed by atoms with E-state index in [1.54, 1.807) is 24.4 Å². The molecule has 3 aromatic rings. The molecule has 3 aliphatic rings. The van der Waals surface area contributed by atoms with Crippen molar-refractivity contribution in [1.29, 1.82) is 0 Å². The van der Waals surface area contributed by atoms with Gasteiger partial charge in [0, 0.05) is 24.1 Å². The minimum atomic E-state index is -1.44. The fourth-order valence-corrected chi connectivity index (χ4v) is 6.62. The summed E-state index contributed by atoms with van der Waals surface area (Å²) in [6.45, 7) is -0.322. The first-order valence-corrected chi connectivity index (χ1v) is 12.4. The first kappa shape index (κ1) is 23.5. The van der Waals surface area contributed by atoms with Gasteiger partial charge in [0.1, 0.15) is 23.5 Å². The fourth-order valence-electron chi connectivity index (χ4n) is 5.22. The summed E-state index contributed by atoms with van der Waals surface area (Å²) >= 11 is 1.36. The second kappa shape index (κ2) is 8.88. The zero-order chi connectivity index (χ0) is 25.6. The van der Waals surface area contributed by atoms with Gasteiger partial charge in [0.25, 0.3) is 0 Å². The monoisotopic (exact) mass is 517 g/mol. The van der Waals surface area contributed by atoms with Crippen molar-refractivity contribution in [3.63, 3.8) is 0 Å². The van der Waals surface area contributed by atoms with Crippen LogP contribution in [0.5, 0.6) is 5.88 Å². The number of fused-ring (bicyclic) bond motifs is 2. The Morgan fingerprint density at radius 3 is 2.95 bits per heavy atom.